The molecule has 10 heteroatoms. The first-order valence-electron chi connectivity index (χ1n) is 8.01. The van der Waals surface area contributed by atoms with Crippen LogP contribution in [0, 0.1) is 0 Å². The summed E-state index contributed by atoms with van der Waals surface area (Å²) in [6.07, 6.45) is 3.13. The van der Waals surface area contributed by atoms with Gasteiger partial charge in [-0.1, -0.05) is 12.2 Å². The third-order valence-electron chi connectivity index (χ3n) is 4.21. The first-order valence-corrected chi connectivity index (χ1v) is 8.01. The molecule has 6 N–H and O–H groups in total. The predicted molar refractivity (Wildman–Crippen MR) is 91.4 cm³/mol. The van der Waals surface area contributed by atoms with E-state index in [-0.39, 0.29) is 5.82 Å². The highest BCUT2D eigenvalue weighted by Crippen LogP contribution is 2.32. The van der Waals surface area contributed by atoms with Crippen molar-refractivity contribution in [2.24, 2.45) is 5.73 Å². The van der Waals surface area contributed by atoms with E-state index < -0.39 is 24.5 Å². The molecule has 0 saturated carbocycles. The molecule has 4 atom stereocenters. The monoisotopic (exact) mass is 349 g/mol. The quantitative estimate of drug-likeness (QED) is 0.456. The number of nitrogens with two attached hydrogens (primary N) is 2. The number of aliphatic hydroxyl groups is 2. The molecule has 0 amide bonds. The molecule has 2 aromatic heterocycles. The van der Waals surface area contributed by atoms with Crippen molar-refractivity contribution in [2.45, 2.75) is 24.5 Å². The molecule has 10 nitrogen and oxygen atoms in total. The number of ether oxygens (including phenoxy) is 1. The fourth-order valence-electron chi connectivity index (χ4n) is 2.90. The van der Waals surface area contributed by atoms with Gasteiger partial charge in [0.2, 0.25) is 0 Å². The van der Waals surface area contributed by atoms with Crippen LogP contribution in [0.4, 0.5) is 5.82 Å². The van der Waals surface area contributed by atoms with E-state index in [4.69, 9.17) is 16.2 Å². The Balaban J connectivity index is 1.75. The molecule has 0 radical (unpaired) electrons. The Morgan fingerprint density at radius 3 is 2.84 bits per heavy atom. The number of imidazole rings is 1. The third kappa shape index (κ3) is 3.48. The van der Waals surface area contributed by atoms with Crippen LogP contribution in [-0.2, 0) is 4.74 Å². The molecule has 25 heavy (non-hydrogen) atoms. The Bertz CT molecular complexity index is 750. The highest BCUT2D eigenvalue weighted by molar-refractivity contribution is 5.81. The van der Waals surface area contributed by atoms with Gasteiger partial charge in [0.15, 0.2) is 17.7 Å². The molecule has 0 aliphatic carbocycles. The maximum atomic E-state index is 10.4. The normalized spacial score (nSPS) is 27.1. The molecule has 2 unspecified atom stereocenters. The standard InChI is InChI=1S/C15H23N7O3/c1-21(5-3-2-4-16)6-9-11(23)12(24)15(25-9)22-8-20-10-13(17)18-7-19-14(10)22/h2-3,7-9,11-12,15,23-24H,4-6,16H2,1H3,(H2,17,18,19)/b3-2+/t9-,11?,12?,15-/m1/s1. The van der Waals surface area contributed by atoms with Crippen molar-refractivity contribution in [2.75, 3.05) is 32.4 Å². The third-order valence-corrected chi connectivity index (χ3v) is 4.21. The van der Waals surface area contributed by atoms with Crippen LogP contribution in [0.15, 0.2) is 24.8 Å². The highest BCUT2D eigenvalue weighted by Gasteiger charge is 2.44. The van der Waals surface area contributed by atoms with Crippen LogP contribution >= 0.6 is 0 Å². The van der Waals surface area contributed by atoms with Gasteiger partial charge in [-0.15, -0.1) is 0 Å². The van der Waals surface area contributed by atoms with E-state index in [9.17, 15) is 10.2 Å². The second-order valence-electron chi connectivity index (χ2n) is 6.06. The van der Waals surface area contributed by atoms with Crippen molar-refractivity contribution < 1.29 is 14.9 Å². The Morgan fingerprint density at radius 1 is 1.28 bits per heavy atom. The van der Waals surface area contributed by atoms with Crippen LogP contribution in [0.3, 0.4) is 0 Å². The first kappa shape index (κ1) is 17.7. The molecule has 2 aromatic rings. The number of hydrogen-bond acceptors (Lipinski definition) is 9. The molecular formula is C15H23N7O3. The van der Waals surface area contributed by atoms with Gasteiger partial charge in [0.25, 0.3) is 0 Å². The molecule has 0 spiro atoms. The number of nitrogen functional groups attached to an aromatic ring is 1. The number of nitrogens with zero attached hydrogens (tertiary/aromatic N) is 5. The lowest BCUT2D eigenvalue weighted by molar-refractivity contribution is -0.0414. The van der Waals surface area contributed by atoms with Crippen LogP contribution in [0.5, 0.6) is 0 Å². The van der Waals surface area contributed by atoms with Crippen LogP contribution < -0.4 is 11.5 Å². The summed E-state index contributed by atoms with van der Waals surface area (Å²) in [5.41, 5.74) is 12.1. The number of fused-ring (bicyclic) bond motifs is 1. The summed E-state index contributed by atoms with van der Waals surface area (Å²) in [6.45, 7) is 1.60. The summed E-state index contributed by atoms with van der Waals surface area (Å²) in [7, 11) is 1.90. The summed E-state index contributed by atoms with van der Waals surface area (Å²) in [5.74, 6) is 0.250. The van der Waals surface area contributed by atoms with Gasteiger partial charge in [-0.2, -0.15) is 0 Å². The summed E-state index contributed by atoms with van der Waals surface area (Å²) in [5, 5.41) is 20.8. The second-order valence-corrected chi connectivity index (χ2v) is 6.06. The van der Waals surface area contributed by atoms with E-state index in [0.717, 1.165) is 0 Å². The zero-order chi connectivity index (χ0) is 18.0. The fourth-order valence-corrected chi connectivity index (χ4v) is 2.90. The smallest absolute Gasteiger partial charge is 0.167 e. The van der Waals surface area contributed by atoms with E-state index in [1.54, 1.807) is 4.57 Å². The molecule has 0 bridgehead atoms. The number of rotatable bonds is 6. The summed E-state index contributed by atoms with van der Waals surface area (Å²) in [4.78, 5) is 14.2. The van der Waals surface area contributed by atoms with Crippen molar-refractivity contribution in [3.8, 4) is 0 Å². The van der Waals surface area contributed by atoms with Gasteiger partial charge in [-0.3, -0.25) is 4.57 Å². The van der Waals surface area contributed by atoms with E-state index in [1.807, 2.05) is 24.1 Å². The molecule has 3 rings (SSSR count). The maximum Gasteiger partial charge on any atom is 0.167 e. The van der Waals surface area contributed by atoms with Gasteiger partial charge in [-0.25, -0.2) is 15.0 Å². The lowest BCUT2D eigenvalue weighted by Gasteiger charge is -2.21. The average molecular weight is 349 g/mol. The first-order chi connectivity index (χ1) is 12.0. The van der Waals surface area contributed by atoms with Crippen molar-refractivity contribution in [3.05, 3.63) is 24.8 Å². The molecular weight excluding hydrogens is 326 g/mol. The van der Waals surface area contributed by atoms with E-state index in [0.29, 0.717) is 30.8 Å². The molecule has 1 aliphatic heterocycles. The summed E-state index contributed by atoms with van der Waals surface area (Å²) >= 11 is 0. The SMILES string of the molecule is CN(C/C=C/CN)C[C@H]1O[C@@H](n2cnc3c(N)ncnc32)C(O)C1O. The zero-order valence-corrected chi connectivity index (χ0v) is 13.9. The lowest BCUT2D eigenvalue weighted by atomic mass is 10.1. The van der Waals surface area contributed by atoms with Gasteiger partial charge in [0, 0.05) is 19.6 Å². The number of hydrogen-bond donors (Lipinski definition) is 4. The van der Waals surface area contributed by atoms with Gasteiger partial charge < -0.3 is 31.3 Å². The zero-order valence-electron chi connectivity index (χ0n) is 13.9. The molecule has 1 fully saturated rings. The van der Waals surface area contributed by atoms with Crippen LogP contribution in [-0.4, -0.2) is 79.6 Å². The fraction of sp³-hybridized carbons (Fsp3) is 0.533. The number of aromatic nitrogens is 4. The Kier molecular flexibility index (Phi) is 5.25. The minimum atomic E-state index is -1.11. The molecule has 136 valence electrons. The number of anilines is 1. The van der Waals surface area contributed by atoms with Crippen molar-refractivity contribution in [1.82, 2.24) is 24.4 Å². The van der Waals surface area contributed by atoms with Gasteiger partial charge in [-0.05, 0) is 7.05 Å². The molecule has 1 saturated heterocycles. The van der Waals surface area contributed by atoms with Crippen LogP contribution in [0.1, 0.15) is 6.23 Å². The number of likely N-dealkylation sites (N-methyl/N-ethyl adjacent to an activating group) is 1. The Hall–Kier alpha value is -2.11. The van der Waals surface area contributed by atoms with Crippen molar-refractivity contribution >= 4 is 17.0 Å². The Labute approximate surface area is 144 Å². The van der Waals surface area contributed by atoms with Gasteiger partial charge in [0.05, 0.1) is 6.33 Å². The average Bonchev–Trinajstić information content (AvgIpc) is 3.13. The molecule has 0 aromatic carbocycles. The maximum absolute atomic E-state index is 10.4. The van der Waals surface area contributed by atoms with Crippen molar-refractivity contribution in [1.29, 1.82) is 0 Å². The van der Waals surface area contributed by atoms with E-state index >= 15 is 0 Å². The van der Waals surface area contributed by atoms with E-state index in [1.165, 1.54) is 12.7 Å². The molecule has 1 aliphatic rings. The van der Waals surface area contributed by atoms with Gasteiger partial charge >= 0.3 is 0 Å². The van der Waals surface area contributed by atoms with Crippen LogP contribution in [0.2, 0.25) is 0 Å². The minimum absolute atomic E-state index is 0.250. The summed E-state index contributed by atoms with van der Waals surface area (Å²) < 4.78 is 7.45. The second kappa shape index (κ2) is 7.42. The molecule has 3 heterocycles. The number of aliphatic hydroxyl groups excluding tert-OH is 2. The largest absolute Gasteiger partial charge is 0.387 e. The van der Waals surface area contributed by atoms with Crippen LogP contribution in [0.25, 0.3) is 11.2 Å². The summed E-state index contributed by atoms with van der Waals surface area (Å²) in [6, 6.07) is 0. The van der Waals surface area contributed by atoms with E-state index in [2.05, 4.69) is 15.0 Å². The lowest BCUT2D eigenvalue weighted by Crippen LogP contribution is -2.38. The predicted octanol–water partition coefficient (Wildman–Crippen LogP) is -1.53. The van der Waals surface area contributed by atoms with Crippen molar-refractivity contribution in [3.63, 3.8) is 0 Å². The highest BCUT2D eigenvalue weighted by atomic mass is 16.6. The van der Waals surface area contributed by atoms with Gasteiger partial charge in [0.1, 0.15) is 30.2 Å². The Morgan fingerprint density at radius 2 is 2.08 bits per heavy atom. The topological polar surface area (TPSA) is 149 Å². The minimum Gasteiger partial charge on any atom is -0.387 e.